The van der Waals surface area contributed by atoms with Crippen LogP contribution in [0.15, 0.2) is 54.6 Å². The number of carboxylic acid groups (broad SMARTS) is 2. The molecule has 0 saturated heterocycles. The molecule has 1 fully saturated rings. The number of nitrogens with one attached hydrogen (secondary N) is 1. The molecule has 0 spiro atoms. The Hall–Kier alpha value is -3.15. The van der Waals surface area contributed by atoms with Gasteiger partial charge in [0.2, 0.25) is 5.91 Å². The Labute approximate surface area is 169 Å². The van der Waals surface area contributed by atoms with Gasteiger partial charge in [0.15, 0.2) is 0 Å². The summed E-state index contributed by atoms with van der Waals surface area (Å²) in [5.41, 5.74) is 3.17. The quantitative estimate of drug-likeness (QED) is 0.605. The van der Waals surface area contributed by atoms with E-state index in [1.54, 1.807) is 6.92 Å². The molecule has 1 saturated carbocycles. The minimum atomic E-state index is -0.961. The largest absolute Gasteiger partial charge is 0.481 e. The molecule has 3 N–H and O–H groups in total. The van der Waals surface area contributed by atoms with Gasteiger partial charge in [0.1, 0.15) is 0 Å². The van der Waals surface area contributed by atoms with E-state index in [1.807, 2.05) is 54.6 Å². The monoisotopic (exact) mass is 395 g/mol. The second-order valence-electron chi connectivity index (χ2n) is 7.73. The Morgan fingerprint density at radius 1 is 0.966 bits per heavy atom. The molecule has 0 aliphatic heterocycles. The van der Waals surface area contributed by atoms with Gasteiger partial charge >= 0.3 is 11.9 Å². The lowest BCUT2D eigenvalue weighted by atomic mass is 9.94. The molecule has 0 heterocycles. The summed E-state index contributed by atoms with van der Waals surface area (Å²) in [5.74, 6) is -3.94. The summed E-state index contributed by atoms with van der Waals surface area (Å²) in [6.07, 6.45) is 1.11. The molecule has 6 nitrogen and oxygen atoms in total. The normalized spacial score (nSPS) is 19.8. The summed E-state index contributed by atoms with van der Waals surface area (Å²) in [5, 5.41) is 21.1. The highest BCUT2D eigenvalue weighted by Gasteiger charge is 2.48. The molecule has 1 aliphatic rings. The molecule has 152 valence electrons. The molecule has 3 rings (SSSR count). The first kappa shape index (κ1) is 20.6. The number of hydrogen-bond donors (Lipinski definition) is 3. The molecule has 2 aromatic carbocycles. The Morgan fingerprint density at radius 2 is 1.59 bits per heavy atom. The molecule has 1 aliphatic carbocycles. The lowest BCUT2D eigenvalue weighted by molar-refractivity contribution is -0.141. The van der Waals surface area contributed by atoms with Crippen molar-refractivity contribution >= 4 is 17.8 Å². The fraction of sp³-hybridized carbons (Fsp3) is 0.348. The van der Waals surface area contributed by atoms with E-state index in [9.17, 15) is 19.5 Å². The Morgan fingerprint density at radius 3 is 2.14 bits per heavy atom. The van der Waals surface area contributed by atoms with Gasteiger partial charge in [-0.25, -0.2) is 0 Å². The number of benzene rings is 2. The molecule has 0 bridgehead atoms. The molecule has 6 heteroatoms. The van der Waals surface area contributed by atoms with E-state index < -0.39 is 29.7 Å². The molecule has 0 aromatic heterocycles. The van der Waals surface area contributed by atoms with E-state index >= 15 is 0 Å². The zero-order valence-electron chi connectivity index (χ0n) is 16.2. The van der Waals surface area contributed by atoms with Crippen molar-refractivity contribution in [1.82, 2.24) is 5.32 Å². The molecular formula is C23H25NO5. The highest BCUT2D eigenvalue weighted by molar-refractivity contribution is 5.89. The SMILES string of the molecule is C[C@H](CC(Cc1ccc(-c2ccccc2)cc1)NC(=O)[C@@H]1C[C@H]1C(=O)O)C(=O)O. The summed E-state index contributed by atoms with van der Waals surface area (Å²) in [6.45, 7) is 1.61. The van der Waals surface area contributed by atoms with Gasteiger partial charge in [-0.3, -0.25) is 14.4 Å². The maximum Gasteiger partial charge on any atom is 0.307 e. The van der Waals surface area contributed by atoms with E-state index in [4.69, 9.17) is 5.11 Å². The van der Waals surface area contributed by atoms with E-state index in [1.165, 1.54) is 0 Å². The van der Waals surface area contributed by atoms with E-state index in [0.29, 0.717) is 12.8 Å². The summed E-state index contributed by atoms with van der Waals surface area (Å²) in [4.78, 5) is 34.7. The second-order valence-corrected chi connectivity index (χ2v) is 7.73. The van der Waals surface area contributed by atoms with Crippen LogP contribution in [0.5, 0.6) is 0 Å². The number of aliphatic carboxylic acids is 2. The van der Waals surface area contributed by atoms with Gasteiger partial charge in [-0.05, 0) is 36.0 Å². The third kappa shape index (κ3) is 5.44. The first-order chi connectivity index (χ1) is 13.8. The van der Waals surface area contributed by atoms with Crippen molar-refractivity contribution in [1.29, 1.82) is 0 Å². The van der Waals surface area contributed by atoms with Crippen LogP contribution in [-0.2, 0) is 20.8 Å². The van der Waals surface area contributed by atoms with Crippen molar-refractivity contribution in [3.8, 4) is 11.1 Å². The predicted molar refractivity (Wildman–Crippen MR) is 108 cm³/mol. The zero-order chi connectivity index (χ0) is 21.0. The van der Waals surface area contributed by atoms with Crippen LogP contribution in [0, 0.1) is 17.8 Å². The van der Waals surface area contributed by atoms with Crippen LogP contribution >= 0.6 is 0 Å². The van der Waals surface area contributed by atoms with Crippen molar-refractivity contribution in [2.24, 2.45) is 17.8 Å². The summed E-state index contributed by atoms with van der Waals surface area (Å²) in [7, 11) is 0. The van der Waals surface area contributed by atoms with Gasteiger partial charge in [-0.15, -0.1) is 0 Å². The van der Waals surface area contributed by atoms with Crippen molar-refractivity contribution < 1.29 is 24.6 Å². The average molecular weight is 395 g/mol. The van der Waals surface area contributed by atoms with Gasteiger partial charge in [0, 0.05) is 6.04 Å². The molecule has 2 aromatic rings. The number of hydrogen-bond acceptors (Lipinski definition) is 3. The average Bonchev–Trinajstić information content (AvgIpc) is 3.50. The molecule has 4 atom stereocenters. The highest BCUT2D eigenvalue weighted by Crippen LogP contribution is 2.39. The van der Waals surface area contributed by atoms with Gasteiger partial charge in [-0.2, -0.15) is 0 Å². The van der Waals surface area contributed by atoms with Gasteiger partial charge in [-0.1, -0.05) is 61.5 Å². The number of amides is 1. The van der Waals surface area contributed by atoms with Crippen LogP contribution in [0.25, 0.3) is 11.1 Å². The number of rotatable bonds is 9. The molecule has 29 heavy (non-hydrogen) atoms. The van der Waals surface area contributed by atoms with Gasteiger partial charge < -0.3 is 15.5 Å². The zero-order valence-corrected chi connectivity index (χ0v) is 16.2. The third-order valence-corrected chi connectivity index (χ3v) is 5.39. The van der Waals surface area contributed by atoms with Crippen molar-refractivity contribution in [3.05, 3.63) is 60.2 Å². The van der Waals surface area contributed by atoms with Crippen molar-refractivity contribution in [2.75, 3.05) is 0 Å². The molecule has 1 unspecified atom stereocenters. The standard InChI is InChI=1S/C23H25NO5/c1-14(22(26)27)11-18(24-21(25)19-13-20(19)23(28)29)12-15-7-9-17(10-8-15)16-5-3-2-4-6-16/h2-10,14,18-20H,11-13H2,1H3,(H,24,25)(H,26,27)(H,28,29)/t14-,18?,19-,20-/m1/s1. The molecule has 1 amide bonds. The third-order valence-electron chi connectivity index (χ3n) is 5.39. The maximum absolute atomic E-state index is 12.4. The highest BCUT2D eigenvalue weighted by atomic mass is 16.4. The van der Waals surface area contributed by atoms with Crippen LogP contribution in [0.3, 0.4) is 0 Å². The summed E-state index contributed by atoms with van der Waals surface area (Å²) < 4.78 is 0. The van der Waals surface area contributed by atoms with Crippen LogP contribution in [-0.4, -0.2) is 34.1 Å². The number of carboxylic acids is 2. The van der Waals surface area contributed by atoms with E-state index in [2.05, 4.69) is 5.32 Å². The lowest BCUT2D eigenvalue weighted by Crippen LogP contribution is -2.40. The lowest BCUT2D eigenvalue weighted by Gasteiger charge is -2.21. The van der Waals surface area contributed by atoms with Crippen LogP contribution in [0.4, 0.5) is 0 Å². The van der Waals surface area contributed by atoms with Gasteiger partial charge in [0.05, 0.1) is 17.8 Å². The smallest absolute Gasteiger partial charge is 0.307 e. The minimum Gasteiger partial charge on any atom is -0.481 e. The van der Waals surface area contributed by atoms with Gasteiger partial charge in [0.25, 0.3) is 0 Å². The Bertz CT molecular complexity index is 878. The maximum atomic E-state index is 12.4. The minimum absolute atomic E-state index is 0.284. The fourth-order valence-electron chi connectivity index (χ4n) is 3.54. The van der Waals surface area contributed by atoms with Crippen molar-refractivity contribution in [2.45, 2.75) is 32.2 Å². The first-order valence-electron chi connectivity index (χ1n) is 9.75. The van der Waals surface area contributed by atoms with E-state index in [-0.39, 0.29) is 18.4 Å². The molecule has 0 radical (unpaired) electrons. The predicted octanol–water partition coefficient (Wildman–Crippen LogP) is 3.21. The topological polar surface area (TPSA) is 104 Å². The summed E-state index contributed by atoms with van der Waals surface area (Å²) in [6, 6.07) is 17.6. The van der Waals surface area contributed by atoms with Crippen LogP contribution in [0.2, 0.25) is 0 Å². The molecular weight excluding hydrogens is 370 g/mol. The summed E-state index contributed by atoms with van der Waals surface area (Å²) >= 11 is 0. The van der Waals surface area contributed by atoms with Crippen LogP contribution < -0.4 is 5.32 Å². The Kier molecular flexibility index (Phi) is 6.32. The number of carbonyl (C=O) groups excluding carboxylic acids is 1. The fourth-order valence-corrected chi connectivity index (χ4v) is 3.54. The number of carbonyl (C=O) groups is 3. The van der Waals surface area contributed by atoms with Crippen molar-refractivity contribution in [3.63, 3.8) is 0 Å². The second kappa shape index (κ2) is 8.90. The van der Waals surface area contributed by atoms with Crippen LogP contribution in [0.1, 0.15) is 25.3 Å². The Balaban J connectivity index is 1.68. The first-order valence-corrected chi connectivity index (χ1v) is 9.75. The van der Waals surface area contributed by atoms with E-state index in [0.717, 1.165) is 16.7 Å².